The Morgan fingerprint density at radius 2 is 1.75 bits per heavy atom. The average Bonchev–Trinajstić information content (AvgIpc) is 2.83. The van der Waals surface area contributed by atoms with Crippen LogP contribution in [0, 0.1) is 17.5 Å². The van der Waals surface area contributed by atoms with Crippen molar-refractivity contribution in [3.8, 4) is 11.1 Å². The van der Waals surface area contributed by atoms with E-state index in [1.165, 1.54) is 12.1 Å². The Labute approximate surface area is 215 Å². The Hall–Kier alpha value is -3.23. The first-order valence-corrected chi connectivity index (χ1v) is 11.8. The van der Waals surface area contributed by atoms with E-state index < -0.39 is 40.9 Å². The maximum Gasteiger partial charge on any atom is 0.328 e. The van der Waals surface area contributed by atoms with Gasteiger partial charge in [0.1, 0.15) is 29.1 Å². The normalized spacial score (nSPS) is 13.4. The van der Waals surface area contributed by atoms with Crippen LogP contribution in [-0.4, -0.2) is 31.6 Å². The van der Waals surface area contributed by atoms with Gasteiger partial charge in [-0.1, -0.05) is 41.4 Å². The molecule has 0 radical (unpaired) electrons. The minimum absolute atomic E-state index is 0.00363. The van der Waals surface area contributed by atoms with Crippen molar-refractivity contribution in [2.24, 2.45) is 0 Å². The van der Waals surface area contributed by atoms with Crippen molar-refractivity contribution in [2.75, 3.05) is 19.0 Å². The van der Waals surface area contributed by atoms with Gasteiger partial charge in [-0.2, -0.15) is 0 Å². The van der Waals surface area contributed by atoms with E-state index in [0.717, 1.165) is 43.0 Å². The molecule has 2 N–H and O–H groups in total. The van der Waals surface area contributed by atoms with Crippen molar-refractivity contribution in [3.05, 3.63) is 86.7 Å². The lowest BCUT2D eigenvalue weighted by Crippen LogP contribution is -2.43. The molecule has 0 fully saturated rings. The van der Waals surface area contributed by atoms with E-state index in [-0.39, 0.29) is 16.5 Å². The quantitative estimate of drug-likeness (QED) is 0.382. The second-order valence-electron chi connectivity index (χ2n) is 8.25. The standard InChI is InChI=1S/C26H21Cl2F3N2O3/c1-36-26(35)21(33-25(34)23-19(30)5-2-6-20(23)31)10-13-7-8-16(24-15(13)4-3-9-32-24)22-17(27)11-14(29)12-18(22)28/h2,5-8,11-12,21,32H,3-4,9-10H2,1H3,(H,33,34)/t21-/m0/s1. The number of nitrogens with one attached hydrogen (secondary N) is 2. The molecular formula is C26H21Cl2F3N2O3. The Morgan fingerprint density at radius 1 is 1.08 bits per heavy atom. The molecule has 0 aromatic heterocycles. The third-order valence-corrected chi connectivity index (χ3v) is 6.59. The van der Waals surface area contributed by atoms with Gasteiger partial charge in [0.2, 0.25) is 0 Å². The number of methoxy groups -OCH3 is 1. The largest absolute Gasteiger partial charge is 0.467 e. The number of anilines is 1. The molecule has 4 rings (SSSR count). The second-order valence-corrected chi connectivity index (χ2v) is 9.06. The average molecular weight is 537 g/mol. The number of fused-ring (bicyclic) bond motifs is 1. The van der Waals surface area contributed by atoms with E-state index in [1.54, 1.807) is 12.1 Å². The molecule has 36 heavy (non-hydrogen) atoms. The summed E-state index contributed by atoms with van der Waals surface area (Å²) in [6.07, 6.45) is 1.44. The first kappa shape index (κ1) is 25.9. The Kier molecular flexibility index (Phi) is 7.76. The van der Waals surface area contributed by atoms with Crippen LogP contribution in [0.3, 0.4) is 0 Å². The van der Waals surface area contributed by atoms with E-state index in [1.807, 2.05) is 0 Å². The Balaban J connectivity index is 1.71. The zero-order valence-corrected chi connectivity index (χ0v) is 20.6. The highest BCUT2D eigenvalue weighted by Gasteiger charge is 2.28. The summed E-state index contributed by atoms with van der Waals surface area (Å²) in [5.41, 5.74) is 2.63. The molecule has 0 spiro atoms. The molecule has 5 nitrogen and oxygen atoms in total. The summed E-state index contributed by atoms with van der Waals surface area (Å²) >= 11 is 12.6. The van der Waals surface area contributed by atoms with Crippen LogP contribution in [0.15, 0.2) is 42.5 Å². The highest BCUT2D eigenvalue weighted by Crippen LogP contribution is 2.43. The summed E-state index contributed by atoms with van der Waals surface area (Å²) in [5.74, 6) is -4.50. The molecular weight excluding hydrogens is 516 g/mol. The van der Waals surface area contributed by atoms with Gasteiger partial charge in [-0.25, -0.2) is 18.0 Å². The highest BCUT2D eigenvalue weighted by atomic mass is 35.5. The number of ether oxygens (including phenoxy) is 1. The van der Waals surface area contributed by atoms with Crippen molar-refractivity contribution < 1.29 is 27.5 Å². The van der Waals surface area contributed by atoms with E-state index in [4.69, 9.17) is 27.9 Å². The number of hydrogen-bond donors (Lipinski definition) is 2. The molecule has 1 atom stereocenters. The zero-order valence-electron chi connectivity index (χ0n) is 19.1. The van der Waals surface area contributed by atoms with Gasteiger partial charge in [-0.05, 0) is 48.2 Å². The Morgan fingerprint density at radius 3 is 2.39 bits per heavy atom. The molecule has 1 aliphatic rings. The molecule has 0 aliphatic carbocycles. The van der Waals surface area contributed by atoms with Gasteiger partial charge >= 0.3 is 5.97 Å². The number of esters is 1. The highest BCUT2D eigenvalue weighted by molar-refractivity contribution is 6.39. The Bertz CT molecular complexity index is 1310. The fourth-order valence-corrected chi connectivity index (χ4v) is 5.02. The SMILES string of the molecule is COC(=O)[C@H](Cc1ccc(-c2c(Cl)cc(F)cc2Cl)c2c1CCCN2)NC(=O)c1c(F)cccc1F. The van der Waals surface area contributed by atoms with Crippen LogP contribution in [-0.2, 0) is 22.4 Å². The van der Waals surface area contributed by atoms with Crippen LogP contribution in [0.4, 0.5) is 18.9 Å². The third kappa shape index (κ3) is 5.15. The molecule has 0 saturated carbocycles. The number of carbonyl (C=O) groups excluding carboxylic acids is 2. The van der Waals surface area contributed by atoms with Crippen LogP contribution < -0.4 is 10.6 Å². The van der Waals surface area contributed by atoms with Crippen LogP contribution >= 0.6 is 23.2 Å². The van der Waals surface area contributed by atoms with Gasteiger partial charge in [0, 0.05) is 29.8 Å². The lowest BCUT2D eigenvalue weighted by atomic mass is 9.88. The summed E-state index contributed by atoms with van der Waals surface area (Å²) in [6, 6.07) is 7.69. The van der Waals surface area contributed by atoms with Crippen molar-refractivity contribution >= 4 is 40.8 Å². The number of rotatable bonds is 6. The minimum atomic E-state index is -1.21. The predicted molar refractivity (Wildman–Crippen MR) is 132 cm³/mol. The van der Waals surface area contributed by atoms with Crippen LogP contribution in [0.2, 0.25) is 10.0 Å². The minimum Gasteiger partial charge on any atom is -0.467 e. The van der Waals surface area contributed by atoms with Gasteiger partial charge in [-0.3, -0.25) is 4.79 Å². The molecule has 10 heteroatoms. The number of hydrogen-bond acceptors (Lipinski definition) is 4. The van der Waals surface area contributed by atoms with Gasteiger partial charge in [-0.15, -0.1) is 0 Å². The van der Waals surface area contributed by atoms with Gasteiger partial charge in [0.15, 0.2) is 0 Å². The van der Waals surface area contributed by atoms with E-state index in [2.05, 4.69) is 10.6 Å². The van der Waals surface area contributed by atoms with E-state index in [9.17, 15) is 22.8 Å². The summed E-state index contributed by atoms with van der Waals surface area (Å²) < 4.78 is 46.8. The van der Waals surface area contributed by atoms with Crippen LogP contribution in [0.25, 0.3) is 11.1 Å². The fraction of sp³-hybridized carbons (Fsp3) is 0.231. The lowest BCUT2D eigenvalue weighted by molar-refractivity contribution is -0.142. The first-order valence-electron chi connectivity index (χ1n) is 11.1. The number of halogens is 5. The molecule has 1 amide bonds. The molecule has 0 unspecified atom stereocenters. The van der Waals surface area contributed by atoms with Crippen LogP contribution in [0.5, 0.6) is 0 Å². The van der Waals surface area contributed by atoms with E-state index >= 15 is 0 Å². The van der Waals surface area contributed by atoms with Crippen LogP contribution in [0.1, 0.15) is 27.9 Å². The first-order chi connectivity index (χ1) is 17.2. The van der Waals surface area contributed by atoms with Crippen molar-refractivity contribution in [2.45, 2.75) is 25.3 Å². The van der Waals surface area contributed by atoms with Crippen molar-refractivity contribution in [1.29, 1.82) is 0 Å². The summed E-state index contributed by atoms with van der Waals surface area (Å²) in [5, 5.41) is 6.01. The third-order valence-electron chi connectivity index (χ3n) is 6.00. The maximum absolute atomic E-state index is 14.1. The fourth-order valence-electron chi connectivity index (χ4n) is 4.36. The van der Waals surface area contributed by atoms with Crippen molar-refractivity contribution in [3.63, 3.8) is 0 Å². The maximum atomic E-state index is 14.1. The zero-order chi connectivity index (χ0) is 26.0. The number of amides is 1. The monoisotopic (exact) mass is 536 g/mol. The number of carbonyl (C=O) groups is 2. The molecule has 3 aromatic carbocycles. The van der Waals surface area contributed by atoms with Crippen molar-refractivity contribution in [1.82, 2.24) is 5.32 Å². The molecule has 188 valence electrons. The molecule has 0 bridgehead atoms. The number of benzene rings is 3. The summed E-state index contributed by atoms with van der Waals surface area (Å²) in [4.78, 5) is 25.2. The molecule has 1 aliphatic heterocycles. The van der Waals surface area contributed by atoms with E-state index in [0.29, 0.717) is 29.7 Å². The van der Waals surface area contributed by atoms with Gasteiger partial charge < -0.3 is 15.4 Å². The smallest absolute Gasteiger partial charge is 0.328 e. The van der Waals surface area contributed by atoms with Gasteiger partial charge in [0.25, 0.3) is 5.91 Å². The lowest BCUT2D eigenvalue weighted by Gasteiger charge is -2.26. The molecule has 0 saturated heterocycles. The summed E-state index contributed by atoms with van der Waals surface area (Å²) in [6.45, 7) is 0.670. The molecule has 1 heterocycles. The summed E-state index contributed by atoms with van der Waals surface area (Å²) in [7, 11) is 1.16. The molecule has 3 aromatic rings. The predicted octanol–water partition coefficient (Wildman–Crippen LogP) is 5.95. The second kappa shape index (κ2) is 10.8. The topological polar surface area (TPSA) is 67.4 Å². The van der Waals surface area contributed by atoms with Gasteiger partial charge in [0.05, 0.1) is 17.2 Å².